The predicted molar refractivity (Wildman–Crippen MR) is 88.4 cm³/mol. The van der Waals surface area contributed by atoms with E-state index >= 15 is 0 Å². The molecule has 1 atom stereocenters. The van der Waals surface area contributed by atoms with E-state index in [0.717, 1.165) is 24.0 Å². The third-order valence-corrected chi connectivity index (χ3v) is 5.64. The third kappa shape index (κ3) is 3.51. The molecular weight excluding hydrogens is 318 g/mol. The van der Waals surface area contributed by atoms with E-state index in [9.17, 15) is 8.42 Å². The van der Waals surface area contributed by atoms with Gasteiger partial charge in [-0.25, -0.2) is 13.1 Å². The van der Waals surface area contributed by atoms with Crippen molar-refractivity contribution in [3.8, 4) is 0 Å². The highest BCUT2D eigenvalue weighted by Gasteiger charge is 2.35. The summed E-state index contributed by atoms with van der Waals surface area (Å²) in [5.41, 5.74) is 2.00. The van der Waals surface area contributed by atoms with Crippen LogP contribution in [0.2, 0.25) is 5.02 Å². The van der Waals surface area contributed by atoms with Gasteiger partial charge in [0.1, 0.15) is 0 Å². The summed E-state index contributed by atoms with van der Waals surface area (Å²) < 4.78 is 28.0. The molecule has 1 aliphatic carbocycles. The Bertz CT molecular complexity index is 750. The Balaban J connectivity index is 1.87. The number of hydrogen-bond donors (Lipinski definition) is 1. The Morgan fingerprint density at radius 3 is 2.18 bits per heavy atom. The molecule has 0 amide bonds. The average molecular weight is 336 g/mol. The van der Waals surface area contributed by atoms with Crippen molar-refractivity contribution in [1.29, 1.82) is 0 Å². The fourth-order valence-corrected chi connectivity index (χ4v) is 3.91. The second kappa shape index (κ2) is 6.03. The molecule has 1 fully saturated rings. The SMILES string of the molecule is Cc1ccc(S(=O)(=O)N[C@H](c2ccc(Cl)cc2)C2CC2)cc1. The zero-order chi connectivity index (χ0) is 15.7. The molecule has 3 rings (SSSR count). The van der Waals surface area contributed by atoms with E-state index in [2.05, 4.69) is 4.72 Å². The zero-order valence-corrected chi connectivity index (χ0v) is 13.9. The van der Waals surface area contributed by atoms with E-state index in [4.69, 9.17) is 11.6 Å². The lowest BCUT2D eigenvalue weighted by molar-refractivity contribution is 0.529. The number of nitrogens with one attached hydrogen (secondary N) is 1. The van der Waals surface area contributed by atoms with Crippen LogP contribution in [0.25, 0.3) is 0 Å². The van der Waals surface area contributed by atoms with Gasteiger partial charge in [0.2, 0.25) is 10.0 Å². The first-order chi connectivity index (χ1) is 10.5. The highest BCUT2D eigenvalue weighted by Crippen LogP contribution is 2.42. The summed E-state index contributed by atoms with van der Waals surface area (Å²) in [5.74, 6) is 0.362. The standard InChI is InChI=1S/C17H18ClNO2S/c1-12-2-10-16(11-3-12)22(20,21)19-17(13-4-5-13)14-6-8-15(18)9-7-14/h2-3,6-11,13,17,19H,4-5H2,1H3/t17-/m0/s1. The number of rotatable bonds is 5. The maximum absolute atomic E-state index is 12.6. The van der Waals surface area contributed by atoms with Gasteiger partial charge in [-0.05, 0) is 55.5 Å². The van der Waals surface area contributed by atoms with Crippen molar-refractivity contribution in [2.24, 2.45) is 5.92 Å². The molecule has 2 aromatic carbocycles. The van der Waals surface area contributed by atoms with Crippen LogP contribution in [-0.2, 0) is 10.0 Å². The second-order valence-corrected chi connectivity index (χ2v) is 7.95. The van der Waals surface area contributed by atoms with Crippen molar-refractivity contribution < 1.29 is 8.42 Å². The number of sulfonamides is 1. The minimum atomic E-state index is -3.52. The topological polar surface area (TPSA) is 46.2 Å². The van der Waals surface area contributed by atoms with Crippen LogP contribution in [0.3, 0.4) is 0 Å². The Hall–Kier alpha value is -1.36. The molecule has 0 radical (unpaired) electrons. The van der Waals surface area contributed by atoms with Gasteiger partial charge in [-0.2, -0.15) is 0 Å². The lowest BCUT2D eigenvalue weighted by atomic mass is 10.0. The molecule has 0 aliphatic heterocycles. The molecule has 22 heavy (non-hydrogen) atoms. The third-order valence-electron chi connectivity index (χ3n) is 3.94. The van der Waals surface area contributed by atoms with Crippen molar-refractivity contribution in [1.82, 2.24) is 4.72 Å². The molecule has 1 aliphatic rings. The molecule has 0 spiro atoms. The maximum Gasteiger partial charge on any atom is 0.241 e. The Morgan fingerprint density at radius 2 is 1.64 bits per heavy atom. The summed E-state index contributed by atoms with van der Waals surface area (Å²) in [4.78, 5) is 0.303. The summed E-state index contributed by atoms with van der Waals surface area (Å²) in [6, 6.07) is 14.1. The van der Waals surface area contributed by atoms with Crippen molar-refractivity contribution in [2.45, 2.75) is 30.7 Å². The van der Waals surface area contributed by atoms with E-state index in [1.165, 1.54) is 0 Å². The first-order valence-corrected chi connectivity index (χ1v) is 9.16. The Morgan fingerprint density at radius 1 is 1.05 bits per heavy atom. The normalized spacial score (nSPS) is 16.5. The highest BCUT2D eigenvalue weighted by molar-refractivity contribution is 7.89. The summed E-state index contributed by atoms with van der Waals surface area (Å²) in [7, 11) is -3.52. The largest absolute Gasteiger partial charge is 0.241 e. The number of benzene rings is 2. The van der Waals surface area contributed by atoms with Crippen molar-refractivity contribution in [3.05, 3.63) is 64.7 Å². The fraction of sp³-hybridized carbons (Fsp3) is 0.294. The van der Waals surface area contributed by atoms with Crippen LogP contribution < -0.4 is 4.72 Å². The molecule has 1 N–H and O–H groups in total. The van der Waals surface area contributed by atoms with Gasteiger partial charge >= 0.3 is 0 Å². The Kier molecular flexibility index (Phi) is 4.26. The van der Waals surface area contributed by atoms with E-state index in [1.807, 2.05) is 31.2 Å². The molecule has 5 heteroatoms. The number of halogens is 1. The van der Waals surface area contributed by atoms with Gasteiger partial charge in [0, 0.05) is 11.1 Å². The van der Waals surface area contributed by atoms with E-state index in [0.29, 0.717) is 15.8 Å². The summed E-state index contributed by atoms with van der Waals surface area (Å²) in [6.45, 7) is 1.94. The summed E-state index contributed by atoms with van der Waals surface area (Å²) >= 11 is 5.92. The number of hydrogen-bond acceptors (Lipinski definition) is 2. The van der Waals surface area contributed by atoms with Crippen LogP contribution in [0.4, 0.5) is 0 Å². The van der Waals surface area contributed by atoms with Gasteiger partial charge in [-0.15, -0.1) is 0 Å². The van der Waals surface area contributed by atoms with Gasteiger partial charge in [-0.1, -0.05) is 41.4 Å². The van der Waals surface area contributed by atoms with Gasteiger partial charge < -0.3 is 0 Å². The molecular formula is C17H18ClNO2S. The molecule has 0 heterocycles. The molecule has 0 aromatic heterocycles. The van der Waals surface area contributed by atoms with Crippen LogP contribution in [0.1, 0.15) is 30.0 Å². The monoisotopic (exact) mass is 335 g/mol. The molecule has 3 nitrogen and oxygen atoms in total. The van der Waals surface area contributed by atoms with Gasteiger partial charge in [0.25, 0.3) is 0 Å². The minimum Gasteiger partial charge on any atom is -0.207 e. The van der Waals surface area contributed by atoms with Crippen molar-refractivity contribution in [2.75, 3.05) is 0 Å². The van der Waals surface area contributed by atoms with Crippen molar-refractivity contribution in [3.63, 3.8) is 0 Å². The smallest absolute Gasteiger partial charge is 0.207 e. The molecule has 116 valence electrons. The van der Waals surface area contributed by atoms with Crippen LogP contribution in [0, 0.1) is 12.8 Å². The fourth-order valence-electron chi connectivity index (χ4n) is 2.49. The summed E-state index contributed by atoms with van der Waals surface area (Å²) in [6.07, 6.45) is 2.09. The minimum absolute atomic E-state index is 0.191. The zero-order valence-electron chi connectivity index (χ0n) is 12.3. The van der Waals surface area contributed by atoms with E-state index < -0.39 is 10.0 Å². The van der Waals surface area contributed by atoms with E-state index in [1.54, 1.807) is 24.3 Å². The van der Waals surface area contributed by atoms with E-state index in [-0.39, 0.29) is 6.04 Å². The van der Waals surface area contributed by atoms with Crippen LogP contribution in [0.5, 0.6) is 0 Å². The first kappa shape index (κ1) is 15.5. The lowest BCUT2D eigenvalue weighted by Crippen LogP contribution is -2.30. The van der Waals surface area contributed by atoms with Gasteiger partial charge in [0.05, 0.1) is 4.90 Å². The molecule has 0 bridgehead atoms. The van der Waals surface area contributed by atoms with Crippen LogP contribution in [-0.4, -0.2) is 8.42 Å². The Labute approximate surface area is 136 Å². The quantitative estimate of drug-likeness (QED) is 0.895. The van der Waals surface area contributed by atoms with Crippen LogP contribution >= 0.6 is 11.6 Å². The first-order valence-electron chi connectivity index (χ1n) is 7.30. The average Bonchev–Trinajstić information content (AvgIpc) is 3.31. The molecule has 0 saturated heterocycles. The lowest BCUT2D eigenvalue weighted by Gasteiger charge is -2.19. The number of aryl methyl sites for hydroxylation is 1. The summed E-state index contributed by atoms with van der Waals surface area (Å²) in [5, 5.41) is 0.652. The molecule has 1 saturated carbocycles. The van der Waals surface area contributed by atoms with Crippen molar-refractivity contribution >= 4 is 21.6 Å². The second-order valence-electron chi connectivity index (χ2n) is 5.80. The highest BCUT2D eigenvalue weighted by atomic mass is 35.5. The van der Waals surface area contributed by atoms with Gasteiger partial charge in [-0.3, -0.25) is 0 Å². The molecule has 0 unspecified atom stereocenters. The van der Waals surface area contributed by atoms with Gasteiger partial charge in [0.15, 0.2) is 0 Å². The van der Waals surface area contributed by atoms with Crippen LogP contribution in [0.15, 0.2) is 53.4 Å². The predicted octanol–water partition coefficient (Wildman–Crippen LogP) is 4.08. The maximum atomic E-state index is 12.6. The molecule has 2 aromatic rings.